The van der Waals surface area contributed by atoms with E-state index < -0.39 is 0 Å². The smallest absolute Gasteiger partial charge is 0.224 e. The number of rotatable bonds is 5. The topological polar surface area (TPSA) is 75.2 Å². The Labute approximate surface area is 166 Å². The van der Waals surface area contributed by atoms with Gasteiger partial charge in [0.1, 0.15) is 5.82 Å². The van der Waals surface area contributed by atoms with E-state index in [1.165, 1.54) is 12.5 Å². The summed E-state index contributed by atoms with van der Waals surface area (Å²) in [5.41, 5.74) is 4.39. The normalized spacial score (nSPS) is 16.7. The van der Waals surface area contributed by atoms with Gasteiger partial charge in [-0.25, -0.2) is 9.97 Å². The summed E-state index contributed by atoms with van der Waals surface area (Å²) in [6.07, 6.45) is 4.20. The summed E-state index contributed by atoms with van der Waals surface area (Å²) in [6, 6.07) is 8.36. The Morgan fingerprint density at radius 1 is 1.29 bits per heavy atom. The summed E-state index contributed by atoms with van der Waals surface area (Å²) in [6.45, 7) is 7.26. The number of aryl methyl sites for hydroxylation is 2. The quantitative estimate of drug-likeness (QED) is 0.865. The van der Waals surface area contributed by atoms with Gasteiger partial charge in [0.25, 0.3) is 0 Å². The fourth-order valence-electron chi connectivity index (χ4n) is 3.76. The predicted molar refractivity (Wildman–Crippen MR) is 109 cm³/mol. The number of hydrogen-bond acceptors (Lipinski definition) is 4. The van der Waals surface area contributed by atoms with Crippen LogP contribution in [0.5, 0.6) is 0 Å². The molecule has 2 heterocycles. The summed E-state index contributed by atoms with van der Waals surface area (Å²) in [7, 11) is 0. The van der Waals surface area contributed by atoms with Gasteiger partial charge in [0.05, 0.1) is 5.69 Å². The molecule has 0 saturated carbocycles. The first-order valence-electron chi connectivity index (χ1n) is 9.87. The zero-order chi connectivity index (χ0) is 20.1. The fraction of sp³-hybridized carbons (Fsp3) is 0.455. The van der Waals surface area contributed by atoms with Crippen molar-refractivity contribution in [1.82, 2.24) is 20.2 Å². The molecule has 0 radical (unpaired) electrons. The lowest BCUT2D eigenvalue weighted by Crippen LogP contribution is -2.40. The van der Waals surface area contributed by atoms with E-state index in [9.17, 15) is 9.59 Å². The molecule has 3 rings (SSSR count). The van der Waals surface area contributed by atoms with Crippen LogP contribution in [-0.2, 0) is 9.59 Å². The van der Waals surface area contributed by atoms with Gasteiger partial charge < -0.3 is 10.2 Å². The van der Waals surface area contributed by atoms with E-state index in [0.717, 1.165) is 42.0 Å². The van der Waals surface area contributed by atoms with Crippen LogP contribution in [0, 0.1) is 13.8 Å². The number of benzene rings is 1. The Balaban J connectivity index is 1.80. The minimum atomic E-state index is -0.108. The van der Waals surface area contributed by atoms with Gasteiger partial charge in [-0.15, -0.1) is 0 Å². The lowest BCUT2D eigenvalue weighted by molar-refractivity contribution is -0.132. The Kier molecular flexibility index (Phi) is 6.39. The molecule has 1 saturated heterocycles. The van der Waals surface area contributed by atoms with Crippen LogP contribution >= 0.6 is 0 Å². The van der Waals surface area contributed by atoms with Gasteiger partial charge in [-0.2, -0.15) is 0 Å². The number of amides is 2. The molecule has 6 nitrogen and oxygen atoms in total. The fourth-order valence-corrected chi connectivity index (χ4v) is 3.76. The van der Waals surface area contributed by atoms with E-state index in [0.29, 0.717) is 19.5 Å². The van der Waals surface area contributed by atoms with E-state index in [-0.39, 0.29) is 17.7 Å². The number of likely N-dealkylation sites (tertiary alicyclic amines) is 1. The van der Waals surface area contributed by atoms with Crippen LogP contribution in [-0.4, -0.2) is 46.3 Å². The van der Waals surface area contributed by atoms with Crippen molar-refractivity contribution in [1.29, 1.82) is 0 Å². The van der Waals surface area contributed by atoms with Crippen molar-refractivity contribution in [2.45, 2.75) is 46.0 Å². The Morgan fingerprint density at radius 2 is 2.11 bits per heavy atom. The molecule has 148 valence electrons. The molecule has 0 bridgehead atoms. The molecule has 2 aromatic rings. The average molecular weight is 380 g/mol. The van der Waals surface area contributed by atoms with Gasteiger partial charge >= 0.3 is 0 Å². The molecule has 1 aliphatic heterocycles. The lowest BCUT2D eigenvalue weighted by atomic mass is 9.89. The van der Waals surface area contributed by atoms with E-state index in [4.69, 9.17) is 4.98 Å². The maximum absolute atomic E-state index is 12.6. The summed E-state index contributed by atoms with van der Waals surface area (Å²) in [5.74, 6) is 0.918. The van der Waals surface area contributed by atoms with Crippen LogP contribution in [0.15, 0.2) is 30.5 Å². The number of aromatic nitrogens is 2. The first-order chi connectivity index (χ1) is 13.4. The van der Waals surface area contributed by atoms with Crippen LogP contribution in [0.25, 0.3) is 11.1 Å². The van der Waals surface area contributed by atoms with Crippen LogP contribution in [0.4, 0.5) is 0 Å². The number of carbonyl (C=O) groups is 2. The van der Waals surface area contributed by atoms with E-state index in [1.807, 2.05) is 24.1 Å². The van der Waals surface area contributed by atoms with Crippen molar-refractivity contribution >= 4 is 11.8 Å². The third-order valence-corrected chi connectivity index (χ3v) is 5.14. The van der Waals surface area contributed by atoms with Crippen molar-refractivity contribution in [3.63, 3.8) is 0 Å². The van der Waals surface area contributed by atoms with Gasteiger partial charge in [0.15, 0.2) is 0 Å². The van der Waals surface area contributed by atoms with Crippen molar-refractivity contribution in [2.75, 3.05) is 19.6 Å². The third kappa shape index (κ3) is 4.94. The summed E-state index contributed by atoms with van der Waals surface area (Å²) < 4.78 is 0. The van der Waals surface area contributed by atoms with Crippen LogP contribution in [0.1, 0.15) is 49.2 Å². The number of nitrogens with one attached hydrogen (secondary N) is 1. The highest BCUT2D eigenvalue weighted by atomic mass is 16.2. The highest BCUT2D eigenvalue weighted by Gasteiger charge is 2.27. The SMILES string of the molecule is CC(=O)NCCC(=O)N1CCCC(c2nc(C)ncc2-c2cccc(C)c2)C1. The molecule has 1 aromatic heterocycles. The molecule has 1 unspecified atom stereocenters. The minimum absolute atomic E-state index is 0.0846. The molecule has 2 amide bonds. The first kappa shape index (κ1) is 20.0. The van der Waals surface area contributed by atoms with E-state index >= 15 is 0 Å². The van der Waals surface area contributed by atoms with Crippen LogP contribution in [0.2, 0.25) is 0 Å². The number of hydrogen-bond donors (Lipinski definition) is 1. The van der Waals surface area contributed by atoms with Gasteiger partial charge in [-0.3, -0.25) is 9.59 Å². The second kappa shape index (κ2) is 8.95. The van der Waals surface area contributed by atoms with Crippen molar-refractivity contribution in [2.24, 2.45) is 0 Å². The molecule has 0 aliphatic carbocycles. The largest absolute Gasteiger partial charge is 0.356 e. The molecule has 28 heavy (non-hydrogen) atoms. The zero-order valence-electron chi connectivity index (χ0n) is 16.9. The average Bonchev–Trinajstić information content (AvgIpc) is 2.67. The predicted octanol–water partition coefficient (Wildman–Crippen LogP) is 2.99. The second-order valence-corrected chi connectivity index (χ2v) is 7.50. The lowest BCUT2D eigenvalue weighted by Gasteiger charge is -2.33. The molecule has 1 N–H and O–H groups in total. The second-order valence-electron chi connectivity index (χ2n) is 7.50. The molecular formula is C22H28N4O2. The molecule has 1 fully saturated rings. The molecule has 1 atom stereocenters. The molecule has 1 aromatic carbocycles. The van der Waals surface area contributed by atoms with Gasteiger partial charge in [-0.1, -0.05) is 29.8 Å². The summed E-state index contributed by atoms with van der Waals surface area (Å²) >= 11 is 0. The summed E-state index contributed by atoms with van der Waals surface area (Å²) in [4.78, 5) is 34.7. The Hall–Kier alpha value is -2.76. The summed E-state index contributed by atoms with van der Waals surface area (Å²) in [5, 5.41) is 2.69. The van der Waals surface area contributed by atoms with Gasteiger partial charge in [0.2, 0.25) is 11.8 Å². The van der Waals surface area contributed by atoms with Crippen LogP contribution in [0.3, 0.4) is 0 Å². The molecular weight excluding hydrogens is 352 g/mol. The maximum atomic E-state index is 12.6. The Bertz CT molecular complexity index is 865. The highest BCUT2D eigenvalue weighted by Crippen LogP contribution is 2.33. The highest BCUT2D eigenvalue weighted by molar-refractivity contribution is 5.78. The van der Waals surface area contributed by atoms with E-state index in [1.54, 1.807) is 0 Å². The minimum Gasteiger partial charge on any atom is -0.356 e. The number of carbonyl (C=O) groups excluding carboxylic acids is 2. The van der Waals surface area contributed by atoms with Crippen molar-refractivity contribution < 1.29 is 9.59 Å². The number of piperidine rings is 1. The van der Waals surface area contributed by atoms with Crippen molar-refractivity contribution in [3.8, 4) is 11.1 Å². The first-order valence-corrected chi connectivity index (χ1v) is 9.87. The molecule has 6 heteroatoms. The molecule has 0 spiro atoms. The van der Waals surface area contributed by atoms with Crippen molar-refractivity contribution in [3.05, 3.63) is 47.5 Å². The maximum Gasteiger partial charge on any atom is 0.224 e. The number of nitrogens with zero attached hydrogens (tertiary/aromatic N) is 3. The van der Waals surface area contributed by atoms with E-state index in [2.05, 4.69) is 35.4 Å². The molecule has 1 aliphatic rings. The zero-order valence-corrected chi connectivity index (χ0v) is 16.9. The standard InChI is InChI=1S/C22H28N4O2/c1-15-6-4-7-18(12-15)20-13-24-16(2)25-22(20)19-8-5-11-26(14-19)21(28)9-10-23-17(3)27/h4,6-7,12-13,19H,5,8-11,14H2,1-3H3,(H,23,27). The Morgan fingerprint density at radius 3 is 2.86 bits per heavy atom. The third-order valence-electron chi connectivity index (χ3n) is 5.14. The monoisotopic (exact) mass is 380 g/mol. The van der Waals surface area contributed by atoms with Gasteiger partial charge in [0, 0.05) is 50.7 Å². The van der Waals surface area contributed by atoms with Crippen LogP contribution < -0.4 is 5.32 Å². The van der Waals surface area contributed by atoms with Gasteiger partial charge in [-0.05, 0) is 32.3 Å².